The maximum Gasteiger partial charge on any atom is 0.143 e. The molecular formula is C68H42N2O2. The number of fused-ring (bicyclic) bond motifs is 13. The lowest BCUT2D eigenvalue weighted by Crippen LogP contribution is -2.10. The molecule has 15 rings (SSSR count). The van der Waals surface area contributed by atoms with Crippen LogP contribution in [-0.2, 0) is 0 Å². The monoisotopic (exact) mass is 918 g/mol. The van der Waals surface area contributed by atoms with Crippen molar-refractivity contribution in [2.24, 2.45) is 0 Å². The van der Waals surface area contributed by atoms with Crippen LogP contribution in [0.5, 0.6) is 0 Å². The molecule has 72 heavy (non-hydrogen) atoms. The number of hydrogen-bond acceptors (Lipinski definition) is 3. The van der Waals surface area contributed by atoms with Crippen molar-refractivity contribution in [3.63, 3.8) is 0 Å². The number of rotatable bonds is 7. The van der Waals surface area contributed by atoms with Gasteiger partial charge >= 0.3 is 0 Å². The van der Waals surface area contributed by atoms with E-state index in [0.717, 1.165) is 111 Å². The van der Waals surface area contributed by atoms with E-state index in [1.54, 1.807) is 0 Å². The summed E-state index contributed by atoms with van der Waals surface area (Å²) >= 11 is 0. The molecule has 3 heterocycles. The highest BCUT2D eigenvalue weighted by Crippen LogP contribution is 2.45. The molecule has 0 aliphatic rings. The Labute approximate surface area is 414 Å². The molecule has 0 aliphatic heterocycles. The van der Waals surface area contributed by atoms with Gasteiger partial charge in [0.15, 0.2) is 0 Å². The van der Waals surface area contributed by atoms with Gasteiger partial charge in [0.1, 0.15) is 22.3 Å². The molecule has 0 aliphatic carbocycles. The van der Waals surface area contributed by atoms with Gasteiger partial charge in [0.25, 0.3) is 0 Å². The summed E-state index contributed by atoms with van der Waals surface area (Å²) in [6.07, 6.45) is 0. The highest BCUT2D eigenvalue weighted by Gasteiger charge is 2.21. The average molecular weight is 919 g/mol. The summed E-state index contributed by atoms with van der Waals surface area (Å²) in [5, 5.41) is 11.5. The van der Waals surface area contributed by atoms with E-state index >= 15 is 0 Å². The minimum atomic E-state index is 0.877. The van der Waals surface area contributed by atoms with Crippen molar-refractivity contribution in [3.8, 4) is 39.1 Å². The third kappa shape index (κ3) is 6.19. The predicted molar refractivity (Wildman–Crippen MR) is 301 cm³/mol. The molecule has 0 bridgehead atoms. The maximum atomic E-state index is 6.66. The minimum Gasteiger partial charge on any atom is -0.455 e. The highest BCUT2D eigenvalue weighted by atomic mass is 16.3. The zero-order chi connectivity index (χ0) is 47.3. The molecule has 12 aromatic carbocycles. The van der Waals surface area contributed by atoms with Crippen molar-refractivity contribution in [2.75, 3.05) is 4.90 Å². The first-order valence-corrected chi connectivity index (χ1v) is 24.6. The molecule has 3 aromatic heterocycles. The molecule has 0 radical (unpaired) electrons. The number of anilines is 3. The molecule has 0 spiro atoms. The normalized spacial score (nSPS) is 11.9. The van der Waals surface area contributed by atoms with E-state index in [1.807, 2.05) is 0 Å². The Kier molecular flexibility index (Phi) is 8.92. The minimum absolute atomic E-state index is 0.877. The predicted octanol–water partition coefficient (Wildman–Crippen LogP) is 19.4. The van der Waals surface area contributed by atoms with E-state index in [0.29, 0.717) is 0 Å². The van der Waals surface area contributed by atoms with Crippen molar-refractivity contribution < 1.29 is 8.83 Å². The van der Waals surface area contributed by atoms with Crippen molar-refractivity contribution in [3.05, 3.63) is 255 Å². The van der Waals surface area contributed by atoms with Crippen LogP contribution in [0.25, 0.3) is 126 Å². The standard InChI is InChI=1S/C68H42N2O2/c1-3-19-54-43(14-1)34-40-58-65-52(23-12-28-63(65)71-67(54)58)46-32-38-49(39-33-46)69(50-17-11-16-47(42-50)53-24-13-29-64-66(53)59-41-35-44-15-2-4-20-55(44)68(59)72-64)48-36-30-45(31-37-48)51-18-5-8-25-60(51)70-61-26-9-6-21-56(61)57-22-7-10-27-62(57)70/h1-42H. The second-order valence-corrected chi connectivity index (χ2v) is 18.8. The Bertz CT molecular complexity index is 4580. The molecule has 0 fully saturated rings. The fourth-order valence-corrected chi connectivity index (χ4v) is 11.5. The van der Waals surface area contributed by atoms with Crippen LogP contribution in [0.4, 0.5) is 17.1 Å². The summed E-state index contributed by atoms with van der Waals surface area (Å²) in [7, 11) is 0. The lowest BCUT2D eigenvalue weighted by Gasteiger charge is -2.26. The summed E-state index contributed by atoms with van der Waals surface area (Å²) in [4.78, 5) is 2.37. The van der Waals surface area contributed by atoms with Gasteiger partial charge in [-0.3, -0.25) is 0 Å². The summed E-state index contributed by atoms with van der Waals surface area (Å²) in [6, 6.07) is 91.7. The molecular weight excluding hydrogens is 877 g/mol. The van der Waals surface area contributed by atoms with Crippen LogP contribution in [0, 0.1) is 0 Å². The van der Waals surface area contributed by atoms with Crippen LogP contribution in [0.1, 0.15) is 0 Å². The molecule has 0 saturated carbocycles. The second-order valence-electron chi connectivity index (χ2n) is 18.8. The molecule has 0 amide bonds. The summed E-state index contributed by atoms with van der Waals surface area (Å²) in [5.74, 6) is 0. The zero-order valence-corrected chi connectivity index (χ0v) is 39.0. The number of benzene rings is 12. The van der Waals surface area contributed by atoms with Crippen molar-refractivity contribution in [1.29, 1.82) is 0 Å². The average Bonchev–Trinajstić information content (AvgIpc) is 4.14. The fraction of sp³-hybridized carbons (Fsp3) is 0. The number of aromatic nitrogens is 1. The summed E-state index contributed by atoms with van der Waals surface area (Å²) in [6.45, 7) is 0. The van der Waals surface area contributed by atoms with Gasteiger partial charge in [-0.2, -0.15) is 0 Å². The fourth-order valence-electron chi connectivity index (χ4n) is 11.5. The van der Waals surface area contributed by atoms with Gasteiger partial charge < -0.3 is 18.3 Å². The molecule has 15 aromatic rings. The summed E-state index contributed by atoms with van der Waals surface area (Å²) in [5.41, 5.74) is 17.1. The third-order valence-electron chi connectivity index (χ3n) is 14.8. The zero-order valence-electron chi connectivity index (χ0n) is 39.0. The summed E-state index contributed by atoms with van der Waals surface area (Å²) < 4.78 is 15.7. The Morgan fingerprint density at radius 3 is 1.33 bits per heavy atom. The molecule has 0 atom stereocenters. The lowest BCUT2D eigenvalue weighted by molar-refractivity contribution is 0.672. The van der Waals surface area contributed by atoms with Crippen molar-refractivity contribution in [2.45, 2.75) is 0 Å². The van der Waals surface area contributed by atoms with Crippen LogP contribution >= 0.6 is 0 Å². The van der Waals surface area contributed by atoms with Gasteiger partial charge in [-0.25, -0.2) is 0 Å². The van der Waals surface area contributed by atoms with E-state index < -0.39 is 0 Å². The van der Waals surface area contributed by atoms with Gasteiger partial charge in [-0.15, -0.1) is 0 Å². The third-order valence-corrected chi connectivity index (χ3v) is 14.8. The Balaban J connectivity index is 0.875. The van der Waals surface area contributed by atoms with Crippen LogP contribution in [0.3, 0.4) is 0 Å². The van der Waals surface area contributed by atoms with Gasteiger partial charge in [0.05, 0.1) is 16.7 Å². The van der Waals surface area contributed by atoms with E-state index in [2.05, 4.69) is 264 Å². The first-order chi connectivity index (χ1) is 35.7. The van der Waals surface area contributed by atoms with E-state index in [4.69, 9.17) is 8.83 Å². The van der Waals surface area contributed by atoms with E-state index in [9.17, 15) is 0 Å². The van der Waals surface area contributed by atoms with E-state index in [-0.39, 0.29) is 0 Å². The highest BCUT2D eigenvalue weighted by molar-refractivity contribution is 6.20. The van der Waals surface area contributed by atoms with Crippen LogP contribution in [-0.4, -0.2) is 4.57 Å². The SMILES string of the molecule is c1cc(-c2cccc3oc4c5ccccc5ccc4c23)cc(N(c2ccc(-c3ccccc3-n3c4ccccc4c4ccccc43)cc2)c2ccc(-c3cccc4oc5c6ccccc6ccc5c34)cc2)c1. The number of hydrogen-bond donors (Lipinski definition) is 0. The first kappa shape index (κ1) is 40.3. The van der Waals surface area contributed by atoms with Crippen LogP contribution < -0.4 is 4.90 Å². The Morgan fingerprint density at radius 2 is 0.750 bits per heavy atom. The molecule has 0 unspecified atom stereocenters. The largest absolute Gasteiger partial charge is 0.455 e. The lowest BCUT2D eigenvalue weighted by atomic mass is 9.97. The van der Waals surface area contributed by atoms with Crippen molar-refractivity contribution in [1.82, 2.24) is 4.57 Å². The quantitative estimate of drug-likeness (QED) is 0.160. The topological polar surface area (TPSA) is 34.5 Å². The van der Waals surface area contributed by atoms with E-state index in [1.165, 1.54) is 32.6 Å². The van der Waals surface area contributed by atoms with Gasteiger partial charge in [-0.1, -0.05) is 176 Å². The maximum absolute atomic E-state index is 6.66. The molecule has 336 valence electrons. The smallest absolute Gasteiger partial charge is 0.143 e. The van der Waals surface area contributed by atoms with Gasteiger partial charge in [-0.05, 0) is 117 Å². The molecule has 4 heteroatoms. The molecule has 0 saturated heterocycles. The Hall–Kier alpha value is -9.64. The number of para-hydroxylation sites is 3. The van der Waals surface area contributed by atoms with Gasteiger partial charge in [0, 0.05) is 65.7 Å². The number of nitrogens with zero attached hydrogens (tertiary/aromatic N) is 2. The number of furan rings is 2. The first-order valence-electron chi connectivity index (χ1n) is 24.6. The van der Waals surface area contributed by atoms with Gasteiger partial charge in [0.2, 0.25) is 0 Å². The van der Waals surface area contributed by atoms with Crippen LogP contribution in [0.2, 0.25) is 0 Å². The molecule has 4 nitrogen and oxygen atoms in total. The molecule has 0 N–H and O–H groups in total. The van der Waals surface area contributed by atoms with Crippen LogP contribution in [0.15, 0.2) is 264 Å². The van der Waals surface area contributed by atoms with Crippen molar-refractivity contribution >= 4 is 104 Å². The second kappa shape index (κ2) is 16.0. The Morgan fingerprint density at radius 1 is 0.292 bits per heavy atom.